The van der Waals surface area contributed by atoms with Crippen molar-refractivity contribution in [2.24, 2.45) is 0 Å². The molecule has 0 aromatic heterocycles. The fourth-order valence-electron chi connectivity index (χ4n) is 2.63. The van der Waals surface area contributed by atoms with Gasteiger partial charge in [-0.1, -0.05) is 24.3 Å². The summed E-state index contributed by atoms with van der Waals surface area (Å²) in [6, 6.07) is 13.0. The van der Waals surface area contributed by atoms with Crippen molar-refractivity contribution in [3.05, 3.63) is 54.3 Å². The molecular formula is C19H17FN2O4S. The minimum atomic E-state index is -1.07. The predicted octanol–water partition coefficient (Wildman–Crippen LogP) is 2.83. The van der Waals surface area contributed by atoms with E-state index >= 15 is 0 Å². The topological polar surface area (TPSA) is 75.7 Å². The van der Waals surface area contributed by atoms with E-state index < -0.39 is 23.8 Å². The Morgan fingerprint density at radius 2 is 1.93 bits per heavy atom. The molecule has 3 rings (SSSR count). The lowest BCUT2D eigenvalue weighted by atomic mass is 10.1. The molecule has 1 atom stereocenters. The Morgan fingerprint density at radius 1 is 1.22 bits per heavy atom. The van der Waals surface area contributed by atoms with Crippen molar-refractivity contribution in [2.45, 2.75) is 17.9 Å². The summed E-state index contributed by atoms with van der Waals surface area (Å²) in [6.45, 7) is 1.30. The molecule has 1 N–H and O–H groups in total. The van der Waals surface area contributed by atoms with Crippen LogP contribution in [0.5, 0.6) is 0 Å². The Balaban J connectivity index is 1.61. The summed E-state index contributed by atoms with van der Waals surface area (Å²) >= 11 is 0.995. The van der Waals surface area contributed by atoms with E-state index in [2.05, 4.69) is 5.32 Å². The zero-order valence-corrected chi connectivity index (χ0v) is 15.3. The number of hydrogen-bond acceptors (Lipinski definition) is 5. The first-order valence-electron chi connectivity index (χ1n) is 8.23. The van der Waals surface area contributed by atoms with Gasteiger partial charge in [-0.3, -0.25) is 19.3 Å². The Bertz CT molecular complexity index is 890. The van der Waals surface area contributed by atoms with Crippen LogP contribution in [0.4, 0.5) is 15.8 Å². The highest BCUT2D eigenvalue weighted by atomic mass is 32.2. The van der Waals surface area contributed by atoms with Crippen LogP contribution in [0.2, 0.25) is 0 Å². The number of anilines is 2. The van der Waals surface area contributed by atoms with Gasteiger partial charge in [0.2, 0.25) is 5.91 Å². The molecule has 27 heavy (non-hydrogen) atoms. The van der Waals surface area contributed by atoms with Gasteiger partial charge in [-0.15, -0.1) is 11.8 Å². The number of amides is 2. The van der Waals surface area contributed by atoms with Crippen LogP contribution in [0.1, 0.15) is 6.92 Å². The molecule has 0 fully saturated rings. The minimum absolute atomic E-state index is 0.129. The monoisotopic (exact) mass is 388 g/mol. The number of nitrogens with zero attached hydrogens (tertiary/aromatic N) is 1. The maximum Gasteiger partial charge on any atom is 0.317 e. The van der Waals surface area contributed by atoms with Crippen molar-refractivity contribution in [2.75, 3.05) is 22.5 Å². The number of nitrogens with one attached hydrogen (secondary N) is 1. The van der Waals surface area contributed by atoms with E-state index in [0.717, 1.165) is 11.8 Å². The van der Waals surface area contributed by atoms with Crippen molar-refractivity contribution in [1.82, 2.24) is 0 Å². The van der Waals surface area contributed by atoms with E-state index in [1.54, 1.807) is 42.5 Å². The van der Waals surface area contributed by atoms with E-state index in [9.17, 15) is 18.8 Å². The van der Waals surface area contributed by atoms with Crippen LogP contribution in [0.25, 0.3) is 0 Å². The van der Waals surface area contributed by atoms with Crippen LogP contribution in [-0.4, -0.2) is 36.2 Å². The van der Waals surface area contributed by atoms with Crippen LogP contribution in [0.15, 0.2) is 53.4 Å². The second kappa shape index (κ2) is 8.22. The maximum absolute atomic E-state index is 13.6. The van der Waals surface area contributed by atoms with Gasteiger partial charge in [-0.25, -0.2) is 4.39 Å². The third-order valence-corrected chi connectivity index (χ3v) is 4.90. The predicted molar refractivity (Wildman–Crippen MR) is 100 cm³/mol. The number of benzene rings is 2. The van der Waals surface area contributed by atoms with Crippen LogP contribution >= 0.6 is 11.8 Å². The number of hydrogen-bond donors (Lipinski definition) is 1. The molecule has 0 unspecified atom stereocenters. The number of para-hydroxylation sites is 2. The largest absolute Gasteiger partial charge is 0.452 e. The van der Waals surface area contributed by atoms with E-state index in [0.29, 0.717) is 16.3 Å². The first-order chi connectivity index (χ1) is 13.0. The third kappa shape index (κ3) is 4.46. The standard InChI is InChI=1S/C19H17FN2O4S/c1-12(26-18(24)11-27-16-9-5-2-6-13(16)20)19(25)22-10-17(23)21-14-7-3-4-8-15(14)22/h2-9,12H,10-11H2,1H3,(H,21,23)/t12-/m1/s1. The van der Waals surface area contributed by atoms with Crippen molar-refractivity contribution >= 4 is 40.9 Å². The Morgan fingerprint density at radius 3 is 2.70 bits per heavy atom. The van der Waals surface area contributed by atoms with Gasteiger partial charge in [-0.2, -0.15) is 0 Å². The maximum atomic E-state index is 13.6. The Kier molecular flexibility index (Phi) is 5.75. The average Bonchev–Trinajstić information content (AvgIpc) is 2.66. The Hall–Kier alpha value is -2.87. The quantitative estimate of drug-likeness (QED) is 0.630. The van der Waals surface area contributed by atoms with E-state index in [1.165, 1.54) is 17.9 Å². The van der Waals surface area contributed by atoms with Crippen molar-refractivity contribution in [3.8, 4) is 0 Å². The molecular weight excluding hydrogens is 371 g/mol. The number of carbonyl (C=O) groups is 3. The molecule has 0 aliphatic carbocycles. The summed E-state index contributed by atoms with van der Waals surface area (Å²) in [7, 11) is 0. The van der Waals surface area contributed by atoms with Crippen LogP contribution in [-0.2, 0) is 19.1 Å². The summed E-state index contributed by atoms with van der Waals surface area (Å²) in [4.78, 5) is 38.1. The molecule has 2 aromatic rings. The minimum Gasteiger partial charge on any atom is -0.452 e. The summed E-state index contributed by atoms with van der Waals surface area (Å²) < 4.78 is 18.8. The van der Waals surface area contributed by atoms with Gasteiger partial charge < -0.3 is 10.1 Å². The summed E-state index contributed by atoms with van der Waals surface area (Å²) in [6.07, 6.45) is -1.07. The van der Waals surface area contributed by atoms with Crippen LogP contribution in [0.3, 0.4) is 0 Å². The van der Waals surface area contributed by atoms with E-state index in [-0.39, 0.29) is 18.2 Å². The molecule has 8 heteroatoms. The fourth-order valence-corrected chi connectivity index (χ4v) is 3.35. The van der Waals surface area contributed by atoms with Gasteiger partial charge in [0.05, 0.1) is 17.1 Å². The lowest BCUT2D eigenvalue weighted by molar-refractivity contribution is -0.151. The molecule has 1 aliphatic rings. The molecule has 0 bridgehead atoms. The second-order valence-corrected chi connectivity index (χ2v) is 6.86. The van der Waals surface area contributed by atoms with Crippen molar-refractivity contribution in [1.29, 1.82) is 0 Å². The molecule has 0 saturated carbocycles. The van der Waals surface area contributed by atoms with Gasteiger partial charge in [0.1, 0.15) is 12.4 Å². The van der Waals surface area contributed by atoms with Crippen LogP contribution in [0, 0.1) is 5.82 Å². The Labute approximate surface area is 159 Å². The van der Waals surface area contributed by atoms with Gasteiger partial charge in [-0.05, 0) is 31.2 Å². The molecule has 1 aliphatic heterocycles. The number of thioether (sulfide) groups is 1. The van der Waals surface area contributed by atoms with Gasteiger partial charge in [0.25, 0.3) is 5.91 Å². The first kappa shape index (κ1) is 18.9. The lowest BCUT2D eigenvalue weighted by Crippen LogP contribution is -2.47. The third-order valence-electron chi connectivity index (χ3n) is 3.87. The van der Waals surface area contributed by atoms with Gasteiger partial charge in [0.15, 0.2) is 6.10 Å². The second-order valence-electron chi connectivity index (χ2n) is 5.84. The van der Waals surface area contributed by atoms with E-state index in [4.69, 9.17) is 4.74 Å². The summed E-state index contributed by atoms with van der Waals surface area (Å²) in [5.74, 6) is -2.01. The molecule has 140 valence electrons. The molecule has 0 saturated heterocycles. The van der Waals surface area contributed by atoms with Gasteiger partial charge >= 0.3 is 5.97 Å². The zero-order valence-electron chi connectivity index (χ0n) is 14.5. The highest BCUT2D eigenvalue weighted by molar-refractivity contribution is 8.00. The lowest BCUT2D eigenvalue weighted by Gasteiger charge is -2.30. The molecule has 0 spiro atoms. The highest BCUT2D eigenvalue weighted by Crippen LogP contribution is 2.29. The molecule has 2 amide bonds. The number of carbonyl (C=O) groups excluding carboxylic acids is 3. The van der Waals surface area contributed by atoms with Crippen molar-refractivity contribution in [3.63, 3.8) is 0 Å². The SMILES string of the molecule is C[C@@H](OC(=O)CSc1ccccc1F)C(=O)N1CC(=O)Nc2ccccc21. The fraction of sp³-hybridized carbons (Fsp3) is 0.211. The molecule has 1 heterocycles. The smallest absolute Gasteiger partial charge is 0.317 e. The average molecular weight is 388 g/mol. The number of halogens is 1. The number of esters is 1. The summed E-state index contributed by atoms with van der Waals surface area (Å²) in [5, 5.41) is 2.69. The van der Waals surface area contributed by atoms with E-state index in [1.807, 2.05) is 0 Å². The van der Waals surface area contributed by atoms with Crippen molar-refractivity contribution < 1.29 is 23.5 Å². The normalized spacial score (nSPS) is 14.1. The molecule has 0 radical (unpaired) electrons. The summed E-state index contributed by atoms with van der Waals surface area (Å²) in [5.41, 5.74) is 1.07. The molecule has 2 aromatic carbocycles. The number of rotatable bonds is 5. The number of fused-ring (bicyclic) bond motifs is 1. The first-order valence-corrected chi connectivity index (χ1v) is 9.21. The highest BCUT2D eigenvalue weighted by Gasteiger charge is 2.31. The molecule has 6 nitrogen and oxygen atoms in total. The van der Waals surface area contributed by atoms with Crippen LogP contribution < -0.4 is 10.2 Å². The van der Waals surface area contributed by atoms with Gasteiger partial charge in [0, 0.05) is 4.90 Å². The zero-order chi connectivity index (χ0) is 19.4. The number of ether oxygens (including phenoxy) is 1.